The topological polar surface area (TPSA) is 45.4 Å². The minimum absolute atomic E-state index is 0. The number of nitrogens with zero attached hydrogens (tertiary/aromatic N) is 3. The highest BCUT2D eigenvalue weighted by Crippen LogP contribution is 2.18. The number of rotatable bonds is 5. The quantitative estimate of drug-likeness (QED) is 0.922. The molecule has 0 radical (unpaired) electrons. The summed E-state index contributed by atoms with van der Waals surface area (Å²) in [6.07, 6.45) is 1.85. The number of anilines is 2. The van der Waals surface area contributed by atoms with Gasteiger partial charge < -0.3 is 10.6 Å². The Kier molecular flexibility index (Phi) is 6.26. The van der Waals surface area contributed by atoms with E-state index in [-0.39, 0.29) is 12.4 Å². The molecule has 0 aliphatic carbocycles. The molecule has 0 bridgehead atoms. The predicted molar refractivity (Wildman–Crippen MR) is 89.7 cm³/mol. The normalized spacial score (nSPS) is 10.4. The molecule has 0 atom stereocenters. The summed E-state index contributed by atoms with van der Waals surface area (Å²) in [6.45, 7) is 1.79. The Labute approximate surface area is 130 Å². The second-order valence-electron chi connectivity index (χ2n) is 4.90. The molecular weight excluding hydrogens is 292 g/mol. The van der Waals surface area contributed by atoms with Gasteiger partial charge in [0.25, 0.3) is 0 Å². The molecule has 110 valence electrons. The number of benzene rings is 1. The smallest absolute Gasteiger partial charge is 0.180 e. The van der Waals surface area contributed by atoms with E-state index in [1.54, 1.807) is 11.3 Å². The van der Waals surface area contributed by atoms with Crippen molar-refractivity contribution in [2.24, 2.45) is 0 Å². The lowest BCUT2D eigenvalue weighted by molar-refractivity contribution is 0.322. The Morgan fingerprint density at radius 1 is 1.20 bits per heavy atom. The third-order valence-corrected chi connectivity index (χ3v) is 3.69. The second kappa shape index (κ2) is 7.47. The van der Waals surface area contributed by atoms with Crippen LogP contribution in [0.4, 0.5) is 10.8 Å². The first-order valence-electron chi connectivity index (χ1n) is 6.19. The van der Waals surface area contributed by atoms with Crippen LogP contribution in [-0.4, -0.2) is 31.0 Å². The molecule has 20 heavy (non-hydrogen) atoms. The van der Waals surface area contributed by atoms with Crippen LogP contribution in [-0.2, 0) is 13.1 Å². The third-order valence-electron chi connectivity index (χ3n) is 2.88. The highest BCUT2D eigenvalue weighted by Gasteiger charge is 2.05. The molecule has 0 saturated carbocycles. The number of nitrogen functional groups attached to an aromatic ring is 1. The van der Waals surface area contributed by atoms with Crippen LogP contribution in [0.3, 0.4) is 0 Å². The van der Waals surface area contributed by atoms with Gasteiger partial charge in [-0.1, -0.05) is 12.1 Å². The largest absolute Gasteiger partial charge is 0.378 e. The minimum Gasteiger partial charge on any atom is -0.378 e. The average Bonchev–Trinajstić information content (AvgIpc) is 2.74. The summed E-state index contributed by atoms with van der Waals surface area (Å²) >= 11 is 1.55. The van der Waals surface area contributed by atoms with Gasteiger partial charge in [-0.15, -0.1) is 23.7 Å². The van der Waals surface area contributed by atoms with Crippen LogP contribution in [0.25, 0.3) is 0 Å². The molecule has 0 unspecified atom stereocenters. The first kappa shape index (κ1) is 16.8. The SMILES string of the molecule is CN(Cc1cccc(N(C)C)c1)Cc1cnc(N)s1.Cl. The van der Waals surface area contributed by atoms with Gasteiger partial charge in [-0.3, -0.25) is 4.90 Å². The number of halogens is 1. The number of nitrogens with two attached hydrogens (primary N) is 1. The first-order valence-corrected chi connectivity index (χ1v) is 7.01. The Morgan fingerprint density at radius 3 is 2.55 bits per heavy atom. The fourth-order valence-electron chi connectivity index (χ4n) is 1.96. The third kappa shape index (κ3) is 4.67. The van der Waals surface area contributed by atoms with E-state index in [1.807, 2.05) is 6.20 Å². The monoisotopic (exact) mass is 312 g/mol. The highest BCUT2D eigenvalue weighted by atomic mass is 35.5. The maximum Gasteiger partial charge on any atom is 0.180 e. The standard InChI is InChI=1S/C14H20N4S.ClH/c1-17(2)12-6-4-5-11(7-12)9-18(3)10-13-8-16-14(15)19-13;/h4-8H,9-10H2,1-3H3,(H2,15,16);1H. The Bertz CT molecular complexity index is 541. The number of aromatic nitrogens is 1. The lowest BCUT2D eigenvalue weighted by Crippen LogP contribution is -2.17. The molecule has 2 aromatic rings. The summed E-state index contributed by atoms with van der Waals surface area (Å²) in [6, 6.07) is 8.60. The molecule has 1 aromatic carbocycles. The molecule has 1 heterocycles. The van der Waals surface area contributed by atoms with E-state index < -0.39 is 0 Å². The van der Waals surface area contributed by atoms with Crippen molar-refractivity contribution in [1.82, 2.24) is 9.88 Å². The number of hydrogen-bond acceptors (Lipinski definition) is 5. The van der Waals surface area contributed by atoms with E-state index in [0.29, 0.717) is 5.13 Å². The molecule has 0 aliphatic rings. The molecule has 0 saturated heterocycles. The first-order chi connectivity index (χ1) is 9.04. The van der Waals surface area contributed by atoms with Gasteiger partial charge in [-0.2, -0.15) is 0 Å². The van der Waals surface area contributed by atoms with Gasteiger partial charge in [-0.05, 0) is 24.7 Å². The fourth-order valence-corrected chi connectivity index (χ4v) is 2.73. The van der Waals surface area contributed by atoms with Gasteiger partial charge >= 0.3 is 0 Å². The van der Waals surface area contributed by atoms with E-state index in [0.717, 1.165) is 13.1 Å². The van der Waals surface area contributed by atoms with E-state index >= 15 is 0 Å². The van der Waals surface area contributed by atoms with E-state index in [4.69, 9.17) is 5.73 Å². The van der Waals surface area contributed by atoms with Crippen molar-refractivity contribution >= 4 is 34.6 Å². The van der Waals surface area contributed by atoms with Gasteiger partial charge in [0.05, 0.1) is 0 Å². The van der Waals surface area contributed by atoms with Gasteiger partial charge in [0.15, 0.2) is 5.13 Å². The maximum absolute atomic E-state index is 5.64. The molecule has 0 spiro atoms. The Morgan fingerprint density at radius 2 is 1.95 bits per heavy atom. The molecule has 2 rings (SSSR count). The maximum atomic E-state index is 5.64. The van der Waals surface area contributed by atoms with Gasteiger partial charge in [0.1, 0.15) is 0 Å². The van der Waals surface area contributed by atoms with Crippen molar-refractivity contribution in [2.45, 2.75) is 13.1 Å². The van der Waals surface area contributed by atoms with Crippen LogP contribution in [0.15, 0.2) is 30.5 Å². The van der Waals surface area contributed by atoms with Crippen LogP contribution in [0.2, 0.25) is 0 Å². The lowest BCUT2D eigenvalue weighted by Gasteiger charge is -2.18. The van der Waals surface area contributed by atoms with Crippen molar-refractivity contribution in [3.63, 3.8) is 0 Å². The number of hydrogen-bond donors (Lipinski definition) is 1. The Hall–Kier alpha value is -1.30. The summed E-state index contributed by atoms with van der Waals surface area (Å²) < 4.78 is 0. The van der Waals surface area contributed by atoms with Gasteiger partial charge in [0.2, 0.25) is 0 Å². The zero-order valence-corrected chi connectivity index (χ0v) is 13.7. The fraction of sp³-hybridized carbons (Fsp3) is 0.357. The molecule has 0 amide bonds. The summed E-state index contributed by atoms with van der Waals surface area (Å²) in [5, 5.41) is 0.637. The van der Waals surface area contributed by atoms with Crippen molar-refractivity contribution in [3.8, 4) is 0 Å². The second-order valence-corrected chi connectivity index (χ2v) is 6.05. The molecule has 0 aliphatic heterocycles. The van der Waals surface area contributed by atoms with Crippen molar-refractivity contribution in [1.29, 1.82) is 0 Å². The van der Waals surface area contributed by atoms with Gasteiger partial charge in [0, 0.05) is 43.9 Å². The molecule has 2 N–H and O–H groups in total. The van der Waals surface area contributed by atoms with Crippen molar-refractivity contribution in [3.05, 3.63) is 40.9 Å². The zero-order chi connectivity index (χ0) is 13.8. The summed E-state index contributed by atoms with van der Waals surface area (Å²) in [5.74, 6) is 0. The van der Waals surface area contributed by atoms with Crippen LogP contribution in [0, 0.1) is 0 Å². The number of thiazole rings is 1. The van der Waals surface area contributed by atoms with E-state index in [1.165, 1.54) is 16.1 Å². The van der Waals surface area contributed by atoms with Gasteiger partial charge in [-0.25, -0.2) is 4.98 Å². The zero-order valence-electron chi connectivity index (χ0n) is 12.0. The van der Waals surface area contributed by atoms with Crippen molar-refractivity contribution in [2.75, 3.05) is 31.8 Å². The summed E-state index contributed by atoms with van der Waals surface area (Å²) in [5.41, 5.74) is 8.18. The molecular formula is C14H21ClN4S. The van der Waals surface area contributed by atoms with Crippen LogP contribution in [0.5, 0.6) is 0 Å². The van der Waals surface area contributed by atoms with Crippen LogP contribution in [0.1, 0.15) is 10.4 Å². The molecule has 4 nitrogen and oxygen atoms in total. The highest BCUT2D eigenvalue weighted by molar-refractivity contribution is 7.15. The summed E-state index contributed by atoms with van der Waals surface area (Å²) in [7, 11) is 6.23. The molecule has 6 heteroatoms. The summed E-state index contributed by atoms with van der Waals surface area (Å²) in [4.78, 5) is 9.66. The average molecular weight is 313 g/mol. The van der Waals surface area contributed by atoms with Crippen molar-refractivity contribution < 1.29 is 0 Å². The van der Waals surface area contributed by atoms with Crippen LogP contribution >= 0.6 is 23.7 Å². The van der Waals surface area contributed by atoms with Crippen LogP contribution < -0.4 is 10.6 Å². The van der Waals surface area contributed by atoms with E-state index in [2.05, 4.69) is 60.2 Å². The molecule has 1 aromatic heterocycles. The predicted octanol–water partition coefficient (Wildman–Crippen LogP) is 2.85. The Balaban J connectivity index is 0.00000200. The molecule has 0 fully saturated rings. The minimum atomic E-state index is 0. The lowest BCUT2D eigenvalue weighted by atomic mass is 10.2. The van der Waals surface area contributed by atoms with E-state index in [9.17, 15) is 0 Å².